The summed E-state index contributed by atoms with van der Waals surface area (Å²) in [7, 11) is 3.46. The number of methoxy groups -OCH3 is 2. The summed E-state index contributed by atoms with van der Waals surface area (Å²) in [6.07, 6.45) is 4.66. The normalized spacial score (nSPS) is 25.4. The van der Waals surface area contributed by atoms with E-state index < -0.39 is 0 Å². The molecular formula is C28H24O3. The maximum atomic E-state index is 6.67. The number of allylic oxidation sites excluding steroid dienone is 2. The summed E-state index contributed by atoms with van der Waals surface area (Å²) in [5, 5.41) is 0. The molecule has 3 aliphatic rings. The van der Waals surface area contributed by atoms with Crippen molar-refractivity contribution < 1.29 is 14.2 Å². The zero-order valence-corrected chi connectivity index (χ0v) is 17.6. The van der Waals surface area contributed by atoms with Crippen molar-refractivity contribution in [2.24, 2.45) is 11.8 Å². The highest BCUT2D eigenvalue weighted by molar-refractivity contribution is 5.88. The van der Waals surface area contributed by atoms with Crippen molar-refractivity contribution >= 4 is 11.1 Å². The van der Waals surface area contributed by atoms with Gasteiger partial charge in [0, 0.05) is 23.0 Å². The largest absolute Gasteiger partial charge is 0.496 e. The van der Waals surface area contributed by atoms with Crippen molar-refractivity contribution in [2.75, 3.05) is 14.2 Å². The molecular weight excluding hydrogens is 384 g/mol. The molecule has 31 heavy (non-hydrogen) atoms. The lowest BCUT2D eigenvalue weighted by Gasteiger charge is -2.34. The topological polar surface area (TPSA) is 27.7 Å². The molecule has 1 saturated heterocycles. The van der Waals surface area contributed by atoms with E-state index in [-0.39, 0.29) is 24.0 Å². The Hall–Kier alpha value is -3.30. The van der Waals surface area contributed by atoms with Crippen LogP contribution in [0.1, 0.15) is 34.5 Å². The van der Waals surface area contributed by atoms with Crippen molar-refractivity contribution in [2.45, 2.75) is 12.2 Å². The maximum Gasteiger partial charge on any atom is 0.125 e. The van der Waals surface area contributed by atoms with Crippen LogP contribution in [0, 0.1) is 11.8 Å². The minimum absolute atomic E-state index is 0.0406. The van der Waals surface area contributed by atoms with Gasteiger partial charge in [-0.3, -0.25) is 0 Å². The zero-order chi connectivity index (χ0) is 20.9. The minimum Gasteiger partial charge on any atom is -0.496 e. The molecule has 1 aliphatic carbocycles. The highest BCUT2D eigenvalue weighted by Gasteiger charge is 2.56. The monoisotopic (exact) mass is 408 g/mol. The van der Waals surface area contributed by atoms with Gasteiger partial charge in [0.25, 0.3) is 0 Å². The maximum absolute atomic E-state index is 6.67. The number of fused-ring (bicyclic) bond motifs is 8. The summed E-state index contributed by atoms with van der Waals surface area (Å²) in [4.78, 5) is 0. The Morgan fingerprint density at radius 1 is 0.677 bits per heavy atom. The number of ether oxygens (including phenoxy) is 3. The molecule has 2 aliphatic heterocycles. The Morgan fingerprint density at radius 2 is 1.26 bits per heavy atom. The third-order valence-corrected chi connectivity index (χ3v) is 6.86. The van der Waals surface area contributed by atoms with E-state index in [4.69, 9.17) is 14.2 Å². The van der Waals surface area contributed by atoms with Gasteiger partial charge < -0.3 is 14.2 Å². The first-order valence-corrected chi connectivity index (χ1v) is 10.7. The quantitative estimate of drug-likeness (QED) is 0.511. The van der Waals surface area contributed by atoms with Crippen molar-refractivity contribution in [3.8, 4) is 11.5 Å². The number of rotatable bonds is 4. The second-order valence-corrected chi connectivity index (χ2v) is 8.33. The van der Waals surface area contributed by atoms with Gasteiger partial charge in [0.2, 0.25) is 0 Å². The third-order valence-electron chi connectivity index (χ3n) is 6.86. The fraction of sp³-hybridized carbons (Fsp3) is 0.214. The molecule has 0 unspecified atom stereocenters. The summed E-state index contributed by atoms with van der Waals surface area (Å²) in [6, 6.07) is 25.3. The van der Waals surface area contributed by atoms with Gasteiger partial charge in [0.05, 0.1) is 26.4 Å². The fourth-order valence-electron chi connectivity index (χ4n) is 5.57. The average Bonchev–Trinajstić information content (AvgIpc) is 3.42. The van der Waals surface area contributed by atoms with E-state index in [2.05, 4.69) is 72.8 Å². The van der Waals surface area contributed by atoms with Crippen LogP contribution in [0.2, 0.25) is 0 Å². The van der Waals surface area contributed by atoms with Gasteiger partial charge in [-0.05, 0) is 34.4 Å². The molecule has 0 radical (unpaired) electrons. The molecule has 0 saturated carbocycles. The molecule has 6 rings (SSSR count). The van der Waals surface area contributed by atoms with E-state index in [1.165, 1.54) is 22.3 Å². The first-order chi connectivity index (χ1) is 15.3. The lowest BCUT2D eigenvalue weighted by atomic mass is 9.67. The van der Waals surface area contributed by atoms with Crippen LogP contribution in [-0.2, 0) is 4.74 Å². The molecule has 4 atom stereocenters. The molecule has 3 aromatic rings. The first-order valence-electron chi connectivity index (χ1n) is 10.7. The molecule has 0 N–H and O–H groups in total. The second-order valence-electron chi connectivity index (χ2n) is 8.33. The zero-order valence-electron chi connectivity index (χ0n) is 17.6. The third kappa shape index (κ3) is 2.70. The molecule has 3 nitrogen and oxygen atoms in total. The van der Waals surface area contributed by atoms with Crippen LogP contribution in [0.15, 0.2) is 84.9 Å². The average molecular weight is 408 g/mol. The van der Waals surface area contributed by atoms with Crippen LogP contribution >= 0.6 is 0 Å². The van der Waals surface area contributed by atoms with Gasteiger partial charge in [-0.1, -0.05) is 72.8 Å². The van der Waals surface area contributed by atoms with Crippen LogP contribution in [-0.4, -0.2) is 14.2 Å². The van der Waals surface area contributed by atoms with E-state index in [0.717, 1.165) is 22.6 Å². The van der Waals surface area contributed by atoms with Crippen molar-refractivity contribution in [1.82, 2.24) is 0 Å². The lowest BCUT2D eigenvalue weighted by Crippen LogP contribution is -2.25. The van der Waals surface area contributed by atoms with Crippen molar-refractivity contribution in [1.29, 1.82) is 0 Å². The summed E-state index contributed by atoms with van der Waals surface area (Å²) in [6.45, 7) is 0. The Bertz CT molecular complexity index is 1190. The second kappa shape index (κ2) is 7.14. The fourth-order valence-corrected chi connectivity index (χ4v) is 5.57. The molecule has 0 amide bonds. The highest BCUT2D eigenvalue weighted by Crippen LogP contribution is 2.66. The molecule has 3 heteroatoms. The van der Waals surface area contributed by atoms with Gasteiger partial charge in [-0.15, -0.1) is 0 Å². The van der Waals surface area contributed by atoms with Gasteiger partial charge in [-0.25, -0.2) is 0 Å². The summed E-state index contributed by atoms with van der Waals surface area (Å²) < 4.78 is 18.2. The molecule has 2 bridgehead atoms. The van der Waals surface area contributed by atoms with E-state index in [9.17, 15) is 0 Å². The molecule has 1 fully saturated rings. The molecule has 3 aromatic carbocycles. The van der Waals surface area contributed by atoms with Gasteiger partial charge >= 0.3 is 0 Å². The Kier molecular flexibility index (Phi) is 4.25. The number of hydrogen-bond donors (Lipinski definition) is 0. The van der Waals surface area contributed by atoms with Gasteiger partial charge in [0.1, 0.15) is 11.5 Å². The van der Waals surface area contributed by atoms with Crippen LogP contribution in [0.4, 0.5) is 0 Å². The first kappa shape index (κ1) is 18.5. The van der Waals surface area contributed by atoms with E-state index in [0.29, 0.717) is 0 Å². The van der Waals surface area contributed by atoms with Crippen LogP contribution in [0.5, 0.6) is 11.5 Å². The highest BCUT2D eigenvalue weighted by atomic mass is 16.5. The van der Waals surface area contributed by atoms with Gasteiger partial charge in [0.15, 0.2) is 0 Å². The Balaban J connectivity index is 1.56. The van der Waals surface area contributed by atoms with E-state index in [1.807, 2.05) is 12.1 Å². The molecule has 154 valence electrons. The number of hydrogen-bond acceptors (Lipinski definition) is 3. The number of benzene rings is 3. The summed E-state index contributed by atoms with van der Waals surface area (Å²) >= 11 is 0. The predicted octanol–water partition coefficient (Wildman–Crippen LogP) is 6.24. The Morgan fingerprint density at radius 3 is 1.87 bits per heavy atom. The smallest absolute Gasteiger partial charge is 0.125 e. The molecule has 0 aromatic heterocycles. The van der Waals surface area contributed by atoms with Gasteiger partial charge in [-0.2, -0.15) is 0 Å². The van der Waals surface area contributed by atoms with E-state index >= 15 is 0 Å². The standard InChI is InChI=1S/C28H24O3/c1-29-22-13-14-23(30-2)26-25(22)27-21-16-19(17-9-5-3-6-10-17)15-20(24(21)28(26)31-27)18-11-7-4-8-12-18/h3-16,21,24,27-28H,1-2H3/t21-,24+,27-,28+/m0/s1. The molecule has 0 spiro atoms. The summed E-state index contributed by atoms with van der Waals surface area (Å²) in [5.41, 5.74) is 7.35. The van der Waals surface area contributed by atoms with Crippen molar-refractivity contribution in [3.63, 3.8) is 0 Å². The van der Waals surface area contributed by atoms with Crippen LogP contribution < -0.4 is 9.47 Å². The minimum atomic E-state index is -0.0462. The van der Waals surface area contributed by atoms with E-state index in [1.54, 1.807) is 14.2 Å². The van der Waals surface area contributed by atoms with Crippen molar-refractivity contribution in [3.05, 3.63) is 107 Å². The summed E-state index contributed by atoms with van der Waals surface area (Å²) in [5.74, 6) is 2.25. The lowest BCUT2D eigenvalue weighted by molar-refractivity contribution is 0.0594. The van der Waals surface area contributed by atoms with Crippen LogP contribution in [0.3, 0.4) is 0 Å². The SMILES string of the molecule is COc1ccc(OC)c2c1[C@H]1O[C@@H]2[C@@H]2C(c3ccccc3)=CC(c3ccccc3)=C[C@@H]21. The molecule has 2 heterocycles. The van der Waals surface area contributed by atoms with Crippen LogP contribution in [0.25, 0.3) is 11.1 Å². The Labute approximate surface area is 182 Å². The predicted molar refractivity (Wildman–Crippen MR) is 122 cm³/mol.